The molecule has 2 nitrogen and oxygen atoms in total. The standard InChI is InChI=1S/C31H31O2P/c1-22(33)29(19-32)31-28-18-25-14-8-9-15-26(25)27(28)16-17-30(31)34(20-23-10-4-2-5-11-23)21-24-12-6-3-7-13-24/h2-17,22,29,32-33H,18-21H2,1H3. The fourth-order valence-electron chi connectivity index (χ4n) is 5.23. The van der Waals surface area contributed by atoms with Crippen LogP contribution in [-0.2, 0) is 18.7 Å². The summed E-state index contributed by atoms with van der Waals surface area (Å²) in [5, 5.41) is 22.5. The van der Waals surface area contributed by atoms with Crippen LogP contribution >= 0.6 is 7.92 Å². The van der Waals surface area contributed by atoms with E-state index in [0.717, 1.165) is 18.7 Å². The quantitative estimate of drug-likeness (QED) is 0.267. The van der Waals surface area contributed by atoms with Gasteiger partial charge in [0.2, 0.25) is 0 Å². The molecule has 0 aliphatic heterocycles. The number of rotatable bonds is 8. The molecule has 0 heterocycles. The van der Waals surface area contributed by atoms with Gasteiger partial charge < -0.3 is 10.2 Å². The van der Waals surface area contributed by atoms with E-state index in [-0.39, 0.29) is 12.5 Å². The second-order valence-electron chi connectivity index (χ2n) is 9.22. The minimum Gasteiger partial charge on any atom is -0.396 e. The van der Waals surface area contributed by atoms with E-state index in [4.69, 9.17) is 0 Å². The highest BCUT2D eigenvalue weighted by Gasteiger charge is 2.31. The molecule has 4 aromatic carbocycles. The van der Waals surface area contributed by atoms with Crippen LogP contribution in [0.15, 0.2) is 97.1 Å². The summed E-state index contributed by atoms with van der Waals surface area (Å²) in [6.07, 6.45) is 2.19. The fraction of sp³-hybridized carbons (Fsp3) is 0.226. The maximum atomic E-state index is 10.7. The monoisotopic (exact) mass is 466 g/mol. The average Bonchev–Trinajstić information content (AvgIpc) is 3.24. The van der Waals surface area contributed by atoms with Crippen molar-refractivity contribution in [2.75, 3.05) is 6.61 Å². The van der Waals surface area contributed by atoms with Crippen molar-refractivity contribution in [3.63, 3.8) is 0 Å². The molecule has 0 bridgehead atoms. The van der Waals surface area contributed by atoms with E-state index in [1.54, 1.807) is 0 Å². The molecular weight excluding hydrogens is 435 g/mol. The number of aliphatic hydroxyl groups is 2. The highest BCUT2D eigenvalue weighted by molar-refractivity contribution is 7.64. The van der Waals surface area contributed by atoms with Crippen LogP contribution in [0.1, 0.15) is 40.7 Å². The lowest BCUT2D eigenvalue weighted by atomic mass is 9.88. The molecule has 2 atom stereocenters. The Balaban J connectivity index is 1.66. The van der Waals surface area contributed by atoms with E-state index >= 15 is 0 Å². The molecule has 2 unspecified atom stereocenters. The van der Waals surface area contributed by atoms with Gasteiger partial charge >= 0.3 is 0 Å². The lowest BCUT2D eigenvalue weighted by molar-refractivity contribution is 0.121. The SMILES string of the molecule is CC(O)C(CO)c1c(P(Cc2ccccc2)Cc2ccccc2)ccc2c1Cc1ccccc1-2. The van der Waals surface area contributed by atoms with Gasteiger partial charge in [-0.25, -0.2) is 0 Å². The molecule has 0 amide bonds. The number of hydrogen-bond acceptors (Lipinski definition) is 2. The summed E-state index contributed by atoms with van der Waals surface area (Å²) in [7, 11) is -0.597. The molecular formula is C31H31O2P. The lowest BCUT2D eigenvalue weighted by Gasteiger charge is -2.29. The van der Waals surface area contributed by atoms with E-state index in [0.29, 0.717) is 0 Å². The van der Waals surface area contributed by atoms with E-state index in [9.17, 15) is 10.2 Å². The normalized spacial score (nSPS) is 14.0. The van der Waals surface area contributed by atoms with E-state index in [2.05, 4.69) is 97.1 Å². The smallest absolute Gasteiger partial charge is 0.0603 e. The summed E-state index contributed by atoms with van der Waals surface area (Å²) in [6.45, 7) is 1.75. The van der Waals surface area contributed by atoms with Crippen molar-refractivity contribution in [1.82, 2.24) is 0 Å². The van der Waals surface area contributed by atoms with Gasteiger partial charge in [0.25, 0.3) is 0 Å². The summed E-state index contributed by atoms with van der Waals surface area (Å²) in [5.74, 6) is -0.296. The molecule has 34 heavy (non-hydrogen) atoms. The van der Waals surface area contributed by atoms with Crippen LogP contribution in [0.4, 0.5) is 0 Å². The van der Waals surface area contributed by atoms with Gasteiger partial charge in [-0.05, 0) is 69.9 Å². The Labute approximate surface area is 203 Å². The zero-order valence-corrected chi connectivity index (χ0v) is 20.5. The largest absolute Gasteiger partial charge is 0.396 e. The molecule has 0 fully saturated rings. The maximum Gasteiger partial charge on any atom is 0.0603 e. The first-order chi connectivity index (χ1) is 16.7. The minimum atomic E-state index is -0.621. The van der Waals surface area contributed by atoms with Gasteiger partial charge in [-0.1, -0.05) is 105 Å². The summed E-state index contributed by atoms with van der Waals surface area (Å²) in [5.41, 5.74) is 8.98. The van der Waals surface area contributed by atoms with Gasteiger partial charge in [0.05, 0.1) is 12.7 Å². The summed E-state index contributed by atoms with van der Waals surface area (Å²) < 4.78 is 0. The summed E-state index contributed by atoms with van der Waals surface area (Å²) in [4.78, 5) is 0. The zero-order valence-electron chi connectivity index (χ0n) is 19.6. The predicted octanol–water partition coefficient (Wildman–Crippen LogP) is 6.22. The van der Waals surface area contributed by atoms with Gasteiger partial charge in [0.15, 0.2) is 0 Å². The molecule has 0 radical (unpaired) electrons. The number of fused-ring (bicyclic) bond motifs is 3. The van der Waals surface area contributed by atoms with Crippen LogP contribution < -0.4 is 5.30 Å². The second-order valence-corrected chi connectivity index (χ2v) is 11.4. The second kappa shape index (κ2) is 10.2. The molecule has 0 saturated carbocycles. The third-order valence-corrected chi connectivity index (χ3v) is 9.50. The molecule has 1 aliphatic rings. The van der Waals surface area contributed by atoms with Gasteiger partial charge in [-0.2, -0.15) is 0 Å². The summed E-state index contributed by atoms with van der Waals surface area (Å²) in [6, 6.07) is 34.6. The average molecular weight is 467 g/mol. The lowest BCUT2D eigenvalue weighted by Crippen LogP contribution is -2.26. The highest BCUT2D eigenvalue weighted by Crippen LogP contribution is 2.48. The molecule has 172 valence electrons. The molecule has 2 N–H and O–H groups in total. The van der Waals surface area contributed by atoms with Crippen LogP contribution in [0.3, 0.4) is 0 Å². The number of aliphatic hydroxyl groups excluding tert-OH is 2. The van der Waals surface area contributed by atoms with E-state index < -0.39 is 14.0 Å². The Morgan fingerprint density at radius 3 is 1.91 bits per heavy atom. The minimum absolute atomic E-state index is 0.0582. The van der Waals surface area contributed by atoms with Crippen molar-refractivity contribution in [2.24, 2.45) is 0 Å². The first kappa shape index (κ1) is 23.0. The summed E-state index contributed by atoms with van der Waals surface area (Å²) >= 11 is 0. The predicted molar refractivity (Wildman–Crippen MR) is 143 cm³/mol. The fourth-order valence-corrected chi connectivity index (χ4v) is 7.91. The van der Waals surface area contributed by atoms with Gasteiger partial charge in [-0.3, -0.25) is 0 Å². The van der Waals surface area contributed by atoms with Gasteiger partial charge in [0, 0.05) is 5.92 Å². The molecule has 0 spiro atoms. The van der Waals surface area contributed by atoms with Crippen LogP contribution in [-0.4, -0.2) is 22.9 Å². The van der Waals surface area contributed by atoms with Crippen LogP contribution in [0.2, 0.25) is 0 Å². The molecule has 4 aromatic rings. The van der Waals surface area contributed by atoms with Crippen LogP contribution in [0.25, 0.3) is 11.1 Å². The van der Waals surface area contributed by atoms with Crippen molar-refractivity contribution < 1.29 is 10.2 Å². The molecule has 0 aromatic heterocycles. The van der Waals surface area contributed by atoms with Gasteiger partial charge in [0.1, 0.15) is 0 Å². The van der Waals surface area contributed by atoms with Gasteiger partial charge in [-0.15, -0.1) is 0 Å². The number of hydrogen-bond donors (Lipinski definition) is 2. The molecule has 5 rings (SSSR count). The van der Waals surface area contributed by atoms with E-state index in [1.807, 2.05) is 6.92 Å². The first-order valence-electron chi connectivity index (χ1n) is 12.0. The van der Waals surface area contributed by atoms with E-state index in [1.165, 1.54) is 44.2 Å². The van der Waals surface area contributed by atoms with Crippen LogP contribution in [0, 0.1) is 0 Å². The van der Waals surface area contributed by atoms with Crippen molar-refractivity contribution in [3.05, 3.63) is 125 Å². The Kier molecular flexibility index (Phi) is 6.92. The third-order valence-electron chi connectivity index (χ3n) is 6.93. The number of benzene rings is 4. The molecule has 0 saturated heterocycles. The Hall–Kier alpha value is -2.77. The topological polar surface area (TPSA) is 40.5 Å². The molecule has 1 aliphatic carbocycles. The Bertz CT molecular complexity index is 1210. The molecule has 3 heteroatoms. The Morgan fingerprint density at radius 2 is 1.32 bits per heavy atom. The van der Waals surface area contributed by atoms with Crippen molar-refractivity contribution >= 4 is 13.2 Å². The van der Waals surface area contributed by atoms with Crippen LogP contribution in [0.5, 0.6) is 0 Å². The highest BCUT2D eigenvalue weighted by atomic mass is 31.1. The Morgan fingerprint density at radius 1 is 0.735 bits per heavy atom. The zero-order chi connectivity index (χ0) is 23.5. The maximum absolute atomic E-state index is 10.7. The third kappa shape index (κ3) is 4.59. The van der Waals surface area contributed by atoms with Crippen molar-refractivity contribution in [3.8, 4) is 11.1 Å². The first-order valence-corrected chi connectivity index (χ1v) is 13.7. The van der Waals surface area contributed by atoms with Crippen molar-refractivity contribution in [2.45, 2.75) is 37.7 Å². The van der Waals surface area contributed by atoms with Crippen molar-refractivity contribution in [1.29, 1.82) is 0 Å².